The van der Waals surface area contributed by atoms with Crippen LogP contribution in [0.5, 0.6) is 17.2 Å². The van der Waals surface area contributed by atoms with Gasteiger partial charge in [0.1, 0.15) is 12.4 Å². The number of benzene rings is 3. The van der Waals surface area contributed by atoms with Crippen molar-refractivity contribution in [1.29, 1.82) is 0 Å². The van der Waals surface area contributed by atoms with E-state index in [9.17, 15) is 9.59 Å². The van der Waals surface area contributed by atoms with Crippen molar-refractivity contribution in [2.24, 2.45) is 4.99 Å². The van der Waals surface area contributed by atoms with Gasteiger partial charge in [-0.1, -0.05) is 59.7 Å². The number of carbonyl (C=O) groups excluding carboxylic acids is 1. The zero-order valence-electron chi connectivity index (χ0n) is 24.3. The smallest absolute Gasteiger partial charge is 0.338 e. The third kappa shape index (κ3) is 6.30. The van der Waals surface area contributed by atoms with Crippen LogP contribution >= 0.6 is 33.9 Å². The number of nitrogens with zero attached hydrogens (tertiary/aromatic N) is 2. The van der Waals surface area contributed by atoms with E-state index in [1.165, 1.54) is 11.3 Å². The van der Waals surface area contributed by atoms with Crippen LogP contribution in [-0.4, -0.2) is 37.5 Å². The molecule has 0 saturated carbocycles. The lowest BCUT2D eigenvalue weighted by Gasteiger charge is -2.26. The molecule has 0 amide bonds. The number of thiazole rings is 1. The van der Waals surface area contributed by atoms with E-state index in [1.807, 2.05) is 67.6 Å². The van der Waals surface area contributed by atoms with Crippen LogP contribution in [0.25, 0.3) is 11.8 Å². The monoisotopic (exact) mass is 720 g/mol. The fraction of sp³-hybridized carbons (Fsp3) is 0.206. The van der Waals surface area contributed by atoms with Crippen LogP contribution in [0.3, 0.4) is 0 Å². The number of terminal acetylenes is 1. The third-order valence-corrected chi connectivity index (χ3v) is 8.51. The number of methoxy groups -OCH3 is 1. The minimum atomic E-state index is -0.785. The van der Waals surface area contributed by atoms with E-state index in [2.05, 4.69) is 28.5 Å². The summed E-state index contributed by atoms with van der Waals surface area (Å²) < 4.78 is 25.2. The summed E-state index contributed by atoms with van der Waals surface area (Å²) in [7, 11) is 1.55. The molecular weight excluding hydrogens is 691 g/mol. The highest BCUT2D eigenvalue weighted by Gasteiger charge is 2.35. The van der Waals surface area contributed by atoms with Crippen LogP contribution in [0.4, 0.5) is 0 Å². The van der Waals surface area contributed by atoms with Gasteiger partial charge in [-0.05, 0) is 77.9 Å². The molecule has 1 atom stereocenters. The van der Waals surface area contributed by atoms with E-state index >= 15 is 0 Å². The molecule has 10 heteroatoms. The first-order valence-electron chi connectivity index (χ1n) is 13.8. The predicted octanol–water partition coefficient (Wildman–Crippen LogP) is 4.96. The maximum absolute atomic E-state index is 14.2. The van der Waals surface area contributed by atoms with Crippen molar-refractivity contribution >= 4 is 51.7 Å². The number of ether oxygens (including phenoxy) is 4. The molecule has 1 aliphatic heterocycles. The molecule has 5 rings (SSSR count). The Labute approximate surface area is 272 Å². The molecule has 3 aromatic carbocycles. The average Bonchev–Trinajstić information content (AvgIpc) is 3.34. The van der Waals surface area contributed by atoms with Gasteiger partial charge in [0.05, 0.1) is 45.7 Å². The van der Waals surface area contributed by atoms with Gasteiger partial charge in [0.2, 0.25) is 0 Å². The summed E-state index contributed by atoms with van der Waals surface area (Å²) in [5, 5.41) is 0. The standard InChI is InChI=1S/C34H29IN2O6S/c1-5-17-43-31-25(35)18-21(19-26(31)40-4)20-27-32(38)37-30(23-13-15-24(16-14-23)41-6-2)28(33(39)42-7-3)29(36-34(37)44-27)22-11-9-8-10-12-22/h1,8-16,18-20,30H,6-7,17H2,2-4H3/b27-20-/t30-/m1/s1. The Kier molecular flexibility index (Phi) is 9.87. The van der Waals surface area contributed by atoms with Crippen molar-refractivity contribution in [2.45, 2.75) is 19.9 Å². The van der Waals surface area contributed by atoms with Crippen molar-refractivity contribution in [3.63, 3.8) is 0 Å². The third-order valence-electron chi connectivity index (χ3n) is 6.73. The van der Waals surface area contributed by atoms with Gasteiger partial charge in [0.15, 0.2) is 16.3 Å². The second-order valence-corrected chi connectivity index (χ2v) is 11.6. The molecule has 0 saturated heterocycles. The molecular formula is C34H29IN2O6S. The highest BCUT2D eigenvalue weighted by atomic mass is 127. The Morgan fingerprint density at radius 2 is 1.84 bits per heavy atom. The molecule has 1 aliphatic rings. The van der Waals surface area contributed by atoms with Gasteiger partial charge >= 0.3 is 5.97 Å². The van der Waals surface area contributed by atoms with Crippen LogP contribution in [-0.2, 0) is 9.53 Å². The summed E-state index contributed by atoms with van der Waals surface area (Å²) in [4.78, 5) is 33.2. The van der Waals surface area contributed by atoms with E-state index in [4.69, 9.17) is 30.4 Å². The summed E-state index contributed by atoms with van der Waals surface area (Å²) in [6.45, 7) is 4.45. The molecule has 0 aliphatic carbocycles. The summed E-state index contributed by atoms with van der Waals surface area (Å²) in [6, 6.07) is 19.7. The van der Waals surface area contributed by atoms with Crippen LogP contribution in [0.1, 0.15) is 36.6 Å². The fourth-order valence-corrected chi connectivity index (χ4v) is 6.68. The lowest BCUT2D eigenvalue weighted by atomic mass is 9.93. The van der Waals surface area contributed by atoms with E-state index in [0.717, 1.165) is 20.3 Å². The zero-order chi connectivity index (χ0) is 31.2. The Bertz CT molecular complexity index is 1940. The predicted molar refractivity (Wildman–Crippen MR) is 179 cm³/mol. The Morgan fingerprint density at radius 1 is 1.09 bits per heavy atom. The summed E-state index contributed by atoms with van der Waals surface area (Å²) in [5.41, 5.74) is 2.65. The fourth-order valence-electron chi connectivity index (χ4n) is 4.90. The van der Waals surface area contributed by atoms with Gasteiger partial charge < -0.3 is 18.9 Å². The molecule has 1 aromatic heterocycles. The SMILES string of the molecule is C#CCOc1c(I)cc(/C=c2\sc3n(c2=O)[C@H](c2ccc(OCC)cc2)C(C(=O)OCC)=C(c2ccccc2)N=3)cc1OC. The molecule has 8 nitrogen and oxygen atoms in total. The number of esters is 1. The van der Waals surface area contributed by atoms with Crippen molar-refractivity contribution in [3.8, 4) is 29.6 Å². The van der Waals surface area contributed by atoms with Crippen LogP contribution < -0.4 is 29.1 Å². The topological polar surface area (TPSA) is 88.4 Å². The number of aromatic nitrogens is 1. The van der Waals surface area contributed by atoms with E-state index < -0.39 is 12.0 Å². The first-order valence-corrected chi connectivity index (χ1v) is 15.7. The molecule has 224 valence electrons. The first-order chi connectivity index (χ1) is 21.4. The molecule has 2 heterocycles. The van der Waals surface area contributed by atoms with Gasteiger partial charge in [-0.15, -0.1) is 6.42 Å². The van der Waals surface area contributed by atoms with Crippen LogP contribution in [0.15, 0.2) is 82.1 Å². The molecule has 0 bridgehead atoms. The number of rotatable bonds is 10. The van der Waals surface area contributed by atoms with Gasteiger partial charge in [0, 0.05) is 5.56 Å². The van der Waals surface area contributed by atoms with E-state index in [0.29, 0.717) is 38.9 Å². The normalized spacial score (nSPS) is 14.3. The van der Waals surface area contributed by atoms with Gasteiger partial charge in [0.25, 0.3) is 5.56 Å². The maximum atomic E-state index is 14.2. The van der Waals surface area contributed by atoms with Gasteiger partial charge in [-0.2, -0.15) is 0 Å². The average molecular weight is 721 g/mol. The van der Waals surface area contributed by atoms with Crippen molar-refractivity contribution < 1.29 is 23.7 Å². The molecule has 0 radical (unpaired) electrons. The highest BCUT2D eigenvalue weighted by Crippen LogP contribution is 2.36. The Hall–Kier alpha value is -4.34. The quantitative estimate of drug-likeness (QED) is 0.131. The minimum Gasteiger partial charge on any atom is -0.494 e. The molecule has 0 fully saturated rings. The van der Waals surface area contributed by atoms with Crippen LogP contribution in [0, 0.1) is 15.9 Å². The molecule has 4 aromatic rings. The van der Waals surface area contributed by atoms with Crippen molar-refractivity contribution in [3.05, 3.63) is 112 Å². The first kappa shape index (κ1) is 31.1. The lowest BCUT2D eigenvalue weighted by Crippen LogP contribution is -2.40. The highest BCUT2D eigenvalue weighted by molar-refractivity contribution is 14.1. The number of hydrogen-bond donors (Lipinski definition) is 0. The van der Waals surface area contributed by atoms with Gasteiger partial charge in [-0.25, -0.2) is 9.79 Å². The summed E-state index contributed by atoms with van der Waals surface area (Å²) in [6.07, 6.45) is 7.16. The minimum absolute atomic E-state index is 0.0996. The number of halogens is 1. The van der Waals surface area contributed by atoms with E-state index in [-0.39, 0.29) is 24.3 Å². The largest absolute Gasteiger partial charge is 0.494 e. The van der Waals surface area contributed by atoms with Crippen molar-refractivity contribution in [2.75, 3.05) is 26.9 Å². The summed E-state index contributed by atoms with van der Waals surface area (Å²) in [5.74, 6) is 3.64. The maximum Gasteiger partial charge on any atom is 0.338 e. The number of hydrogen-bond acceptors (Lipinski definition) is 8. The molecule has 0 spiro atoms. The van der Waals surface area contributed by atoms with E-state index in [1.54, 1.807) is 30.7 Å². The molecule has 0 unspecified atom stereocenters. The molecule has 44 heavy (non-hydrogen) atoms. The Morgan fingerprint density at radius 3 is 2.50 bits per heavy atom. The molecule has 0 N–H and O–H groups in total. The Balaban J connectivity index is 1.76. The summed E-state index contributed by atoms with van der Waals surface area (Å²) >= 11 is 3.39. The lowest BCUT2D eigenvalue weighted by molar-refractivity contribution is -0.138. The van der Waals surface area contributed by atoms with Crippen molar-refractivity contribution in [1.82, 2.24) is 4.57 Å². The second-order valence-electron chi connectivity index (χ2n) is 9.46. The zero-order valence-corrected chi connectivity index (χ0v) is 27.3. The number of fused-ring (bicyclic) bond motifs is 1. The second kappa shape index (κ2) is 14.0. The van der Waals surface area contributed by atoms with Gasteiger partial charge in [-0.3, -0.25) is 9.36 Å². The van der Waals surface area contributed by atoms with Crippen LogP contribution in [0.2, 0.25) is 0 Å². The number of carbonyl (C=O) groups is 1.